The fourth-order valence-corrected chi connectivity index (χ4v) is 2.14. The molecule has 0 aliphatic heterocycles. The molecule has 86 valence electrons. The molecule has 2 N–H and O–H groups in total. The number of thiocarbonyl (C=S) groups is 1. The molecule has 16 heavy (non-hydrogen) atoms. The van der Waals surface area contributed by atoms with Crippen molar-refractivity contribution in [3.05, 3.63) is 24.0 Å². The largest absolute Gasteiger partial charge is 0.493 e. The van der Waals surface area contributed by atoms with Crippen LogP contribution >= 0.6 is 12.2 Å². The zero-order valence-electron chi connectivity index (χ0n) is 9.19. The summed E-state index contributed by atoms with van der Waals surface area (Å²) in [7, 11) is 0. The smallest absolute Gasteiger partial charge is 0.123 e. The van der Waals surface area contributed by atoms with Crippen molar-refractivity contribution in [3.63, 3.8) is 0 Å². The molecule has 0 spiro atoms. The van der Waals surface area contributed by atoms with Gasteiger partial charge in [-0.2, -0.15) is 0 Å². The van der Waals surface area contributed by atoms with Crippen molar-refractivity contribution in [3.8, 4) is 5.75 Å². The van der Waals surface area contributed by atoms with E-state index in [9.17, 15) is 0 Å². The fraction of sp³-hybridized carbons (Fsp3) is 0.500. The minimum atomic E-state index is 0.311. The van der Waals surface area contributed by atoms with E-state index in [2.05, 4.69) is 4.98 Å². The topological polar surface area (TPSA) is 48.1 Å². The highest BCUT2D eigenvalue weighted by Gasteiger charge is 2.15. The summed E-state index contributed by atoms with van der Waals surface area (Å²) in [6.45, 7) is 0.792. The van der Waals surface area contributed by atoms with Gasteiger partial charge >= 0.3 is 0 Å². The highest BCUT2D eigenvalue weighted by molar-refractivity contribution is 7.80. The van der Waals surface area contributed by atoms with Gasteiger partial charge in [0, 0.05) is 12.3 Å². The van der Waals surface area contributed by atoms with Crippen LogP contribution in [0.25, 0.3) is 0 Å². The van der Waals surface area contributed by atoms with E-state index in [0.717, 1.165) is 12.4 Å². The van der Waals surface area contributed by atoms with E-state index in [1.54, 1.807) is 12.3 Å². The van der Waals surface area contributed by atoms with Crippen molar-refractivity contribution in [2.45, 2.75) is 25.7 Å². The zero-order valence-corrected chi connectivity index (χ0v) is 10.0. The standard InChI is InChI=1S/C12H16N2OS/c13-12(16)11-7-10(5-6-14-11)15-8-9-3-1-2-4-9/h5-7,9H,1-4,8H2,(H2,13,16). The molecule has 3 nitrogen and oxygen atoms in total. The maximum Gasteiger partial charge on any atom is 0.123 e. The Morgan fingerprint density at radius 3 is 2.94 bits per heavy atom. The molecule has 1 heterocycles. The number of nitrogens with zero attached hydrogens (tertiary/aromatic N) is 1. The van der Waals surface area contributed by atoms with Crippen LogP contribution < -0.4 is 10.5 Å². The van der Waals surface area contributed by atoms with Crippen LogP contribution in [-0.2, 0) is 0 Å². The summed E-state index contributed by atoms with van der Waals surface area (Å²) in [5, 5.41) is 0. The second-order valence-corrected chi connectivity index (χ2v) is 4.64. The molecule has 0 amide bonds. The van der Waals surface area contributed by atoms with Gasteiger partial charge < -0.3 is 10.5 Å². The lowest BCUT2D eigenvalue weighted by Gasteiger charge is -2.11. The first kappa shape index (κ1) is 11.3. The molecule has 0 unspecified atom stereocenters. The third-order valence-corrected chi connectivity index (χ3v) is 3.15. The van der Waals surface area contributed by atoms with Gasteiger partial charge in [0.25, 0.3) is 0 Å². The molecule has 1 fully saturated rings. The van der Waals surface area contributed by atoms with Gasteiger partial charge in [-0.05, 0) is 24.8 Å². The van der Waals surface area contributed by atoms with Gasteiger partial charge in [-0.1, -0.05) is 25.1 Å². The molecule has 0 atom stereocenters. The molecule has 1 aromatic heterocycles. The van der Waals surface area contributed by atoms with Crippen molar-refractivity contribution in [1.82, 2.24) is 4.98 Å². The average molecular weight is 236 g/mol. The summed E-state index contributed by atoms with van der Waals surface area (Å²) < 4.78 is 5.73. The van der Waals surface area contributed by atoms with Crippen LogP contribution in [-0.4, -0.2) is 16.6 Å². The summed E-state index contributed by atoms with van der Waals surface area (Å²) in [5.74, 6) is 1.52. The van der Waals surface area contributed by atoms with Crippen molar-refractivity contribution in [2.24, 2.45) is 11.7 Å². The second-order valence-electron chi connectivity index (χ2n) is 4.20. The van der Waals surface area contributed by atoms with Gasteiger partial charge in [0.05, 0.1) is 6.61 Å². The van der Waals surface area contributed by atoms with Crippen LogP contribution in [0.5, 0.6) is 5.75 Å². The SMILES string of the molecule is NC(=S)c1cc(OCC2CCCC2)ccn1. The molecule has 1 saturated carbocycles. The summed E-state index contributed by atoms with van der Waals surface area (Å²) in [4.78, 5) is 4.38. The van der Waals surface area contributed by atoms with E-state index in [1.165, 1.54) is 25.7 Å². The lowest BCUT2D eigenvalue weighted by Crippen LogP contribution is -2.12. The molecule has 0 saturated heterocycles. The maximum absolute atomic E-state index is 5.73. The number of nitrogens with two attached hydrogens (primary N) is 1. The Morgan fingerprint density at radius 2 is 2.25 bits per heavy atom. The lowest BCUT2D eigenvalue weighted by atomic mass is 10.1. The lowest BCUT2D eigenvalue weighted by molar-refractivity contribution is 0.252. The van der Waals surface area contributed by atoms with Crippen LogP contribution in [0.2, 0.25) is 0 Å². The van der Waals surface area contributed by atoms with E-state index in [0.29, 0.717) is 16.6 Å². The van der Waals surface area contributed by atoms with Gasteiger partial charge in [0.2, 0.25) is 0 Å². The monoisotopic (exact) mass is 236 g/mol. The molecule has 4 heteroatoms. The average Bonchev–Trinajstić information content (AvgIpc) is 2.79. The number of hydrogen-bond acceptors (Lipinski definition) is 3. The third kappa shape index (κ3) is 2.92. The molecule has 1 aromatic rings. The van der Waals surface area contributed by atoms with Crippen molar-refractivity contribution in [2.75, 3.05) is 6.61 Å². The van der Waals surface area contributed by atoms with Crippen LogP contribution in [0.15, 0.2) is 18.3 Å². The zero-order chi connectivity index (χ0) is 11.4. The Hall–Kier alpha value is -1.16. The Bertz CT molecular complexity index is 375. The molecule has 0 aromatic carbocycles. The molecular formula is C12H16N2OS. The predicted molar refractivity (Wildman–Crippen MR) is 67.6 cm³/mol. The summed E-state index contributed by atoms with van der Waals surface area (Å²) in [5.41, 5.74) is 6.14. The molecule has 2 rings (SSSR count). The first-order valence-electron chi connectivity index (χ1n) is 5.64. The van der Waals surface area contributed by atoms with Gasteiger partial charge in [-0.15, -0.1) is 0 Å². The Kier molecular flexibility index (Phi) is 3.72. The highest BCUT2D eigenvalue weighted by atomic mass is 32.1. The number of hydrogen-bond donors (Lipinski definition) is 1. The summed E-state index contributed by atoms with van der Waals surface area (Å²) in [6.07, 6.45) is 6.92. The van der Waals surface area contributed by atoms with Crippen LogP contribution in [0.1, 0.15) is 31.4 Å². The summed E-state index contributed by atoms with van der Waals surface area (Å²) in [6, 6.07) is 3.65. The maximum atomic E-state index is 5.73. The van der Waals surface area contributed by atoms with Crippen molar-refractivity contribution in [1.29, 1.82) is 0 Å². The minimum absolute atomic E-state index is 0.311. The van der Waals surface area contributed by atoms with E-state index >= 15 is 0 Å². The third-order valence-electron chi connectivity index (χ3n) is 2.94. The fourth-order valence-electron chi connectivity index (χ4n) is 2.03. The second kappa shape index (κ2) is 5.25. The van der Waals surface area contributed by atoms with Crippen LogP contribution in [0.3, 0.4) is 0 Å². The predicted octanol–water partition coefficient (Wildman–Crippen LogP) is 2.28. The number of aromatic nitrogens is 1. The van der Waals surface area contributed by atoms with Gasteiger partial charge in [0.15, 0.2) is 0 Å². The molecule has 0 radical (unpaired) electrons. The number of rotatable bonds is 4. The molecule has 0 bridgehead atoms. The molecule has 1 aliphatic rings. The van der Waals surface area contributed by atoms with Crippen LogP contribution in [0.4, 0.5) is 0 Å². The summed E-state index contributed by atoms with van der Waals surface area (Å²) >= 11 is 4.87. The molecule has 1 aliphatic carbocycles. The Morgan fingerprint density at radius 1 is 1.50 bits per heavy atom. The highest BCUT2D eigenvalue weighted by Crippen LogP contribution is 2.25. The number of ether oxygens (including phenoxy) is 1. The Balaban J connectivity index is 1.93. The van der Waals surface area contributed by atoms with Gasteiger partial charge in [-0.3, -0.25) is 4.98 Å². The van der Waals surface area contributed by atoms with E-state index in [-0.39, 0.29) is 0 Å². The van der Waals surface area contributed by atoms with E-state index in [1.807, 2.05) is 6.07 Å². The molecular weight excluding hydrogens is 220 g/mol. The minimum Gasteiger partial charge on any atom is -0.493 e. The normalized spacial score (nSPS) is 16.2. The first-order valence-corrected chi connectivity index (χ1v) is 6.05. The van der Waals surface area contributed by atoms with Crippen molar-refractivity contribution >= 4 is 17.2 Å². The van der Waals surface area contributed by atoms with E-state index < -0.39 is 0 Å². The van der Waals surface area contributed by atoms with Gasteiger partial charge in [-0.25, -0.2) is 0 Å². The van der Waals surface area contributed by atoms with E-state index in [4.69, 9.17) is 22.7 Å². The quantitative estimate of drug-likeness (QED) is 0.815. The van der Waals surface area contributed by atoms with Crippen molar-refractivity contribution < 1.29 is 4.74 Å². The first-order chi connectivity index (χ1) is 7.75. The number of pyridine rings is 1. The van der Waals surface area contributed by atoms with Crippen LogP contribution in [0, 0.1) is 5.92 Å². The van der Waals surface area contributed by atoms with Gasteiger partial charge in [0.1, 0.15) is 16.4 Å². The Labute approximate surface area is 101 Å².